The Kier molecular flexibility index (Phi) is 4.73. The van der Waals surface area contributed by atoms with Crippen molar-refractivity contribution in [2.75, 3.05) is 20.3 Å². The summed E-state index contributed by atoms with van der Waals surface area (Å²) in [6.45, 7) is 0.980. The fourth-order valence-corrected chi connectivity index (χ4v) is 6.09. The molecule has 0 N–H and O–H groups in total. The molecule has 2 unspecified atom stereocenters. The molecule has 2 saturated heterocycles. The van der Waals surface area contributed by atoms with Gasteiger partial charge in [0.1, 0.15) is 12.4 Å². The van der Waals surface area contributed by atoms with Crippen LogP contribution in [0.1, 0.15) is 36.0 Å². The molecule has 0 spiro atoms. The Morgan fingerprint density at radius 2 is 1.70 bits per heavy atom. The topological polar surface area (TPSA) is 69.7 Å². The smallest absolute Gasteiger partial charge is 0.166 e. The molecule has 23 heavy (non-hydrogen) atoms. The number of sulfone groups is 1. The first-order chi connectivity index (χ1) is 11.0. The lowest BCUT2D eigenvalue weighted by Gasteiger charge is -2.27. The molecule has 1 aromatic carbocycles. The van der Waals surface area contributed by atoms with E-state index in [2.05, 4.69) is 0 Å². The normalized spacial score (nSPS) is 28.5. The Labute approximate surface area is 136 Å². The average molecular weight is 338 g/mol. The molecular weight excluding hydrogens is 316 g/mol. The van der Waals surface area contributed by atoms with Crippen molar-refractivity contribution in [3.05, 3.63) is 29.8 Å². The van der Waals surface area contributed by atoms with Gasteiger partial charge in [-0.15, -0.1) is 0 Å². The Bertz CT molecular complexity index is 645. The van der Waals surface area contributed by atoms with Crippen LogP contribution in [0, 0.1) is 5.92 Å². The van der Waals surface area contributed by atoms with E-state index in [4.69, 9.17) is 9.47 Å². The molecule has 2 aliphatic rings. The molecule has 0 aliphatic carbocycles. The van der Waals surface area contributed by atoms with Crippen LogP contribution in [0.2, 0.25) is 0 Å². The van der Waals surface area contributed by atoms with E-state index < -0.39 is 9.84 Å². The predicted molar refractivity (Wildman–Crippen MR) is 86.6 cm³/mol. The van der Waals surface area contributed by atoms with Gasteiger partial charge in [-0.3, -0.25) is 4.79 Å². The Hall–Kier alpha value is -1.40. The molecule has 5 nitrogen and oxygen atoms in total. The van der Waals surface area contributed by atoms with Crippen molar-refractivity contribution in [1.29, 1.82) is 0 Å². The SMILES string of the molecule is COCCOc1ccc(C(=O)C2CC3CCC(C2)S3(=O)=O)cc1. The van der Waals surface area contributed by atoms with Crippen LogP contribution in [0.4, 0.5) is 0 Å². The Balaban J connectivity index is 1.65. The summed E-state index contributed by atoms with van der Waals surface area (Å²) in [4.78, 5) is 12.6. The van der Waals surface area contributed by atoms with Gasteiger partial charge in [-0.05, 0) is 49.9 Å². The van der Waals surface area contributed by atoms with Crippen molar-refractivity contribution in [1.82, 2.24) is 0 Å². The van der Waals surface area contributed by atoms with Gasteiger partial charge in [0.25, 0.3) is 0 Å². The number of fused-ring (bicyclic) bond motifs is 2. The molecule has 6 heteroatoms. The van der Waals surface area contributed by atoms with Gasteiger partial charge in [0, 0.05) is 18.6 Å². The molecule has 1 aromatic rings. The van der Waals surface area contributed by atoms with Crippen LogP contribution < -0.4 is 4.74 Å². The molecule has 0 radical (unpaired) electrons. The third-order valence-electron chi connectivity index (χ3n) is 4.90. The van der Waals surface area contributed by atoms with E-state index in [0.717, 1.165) is 0 Å². The van der Waals surface area contributed by atoms with Gasteiger partial charge in [-0.1, -0.05) is 0 Å². The third-order valence-corrected chi connectivity index (χ3v) is 7.62. The lowest BCUT2D eigenvalue weighted by atomic mass is 9.90. The van der Waals surface area contributed by atoms with Crippen molar-refractivity contribution >= 4 is 15.6 Å². The van der Waals surface area contributed by atoms with Crippen LogP contribution in [0.3, 0.4) is 0 Å². The van der Waals surface area contributed by atoms with Crippen LogP contribution in [-0.2, 0) is 14.6 Å². The minimum atomic E-state index is -2.98. The number of carbonyl (C=O) groups is 1. The molecule has 2 fully saturated rings. The number of hydrogen-bond donors (Lipinski definition) is 0. The molecular formula is C17H22O5S. The number of rotatable bonds is 6. The lowest BCUT2D eigenvalue weighted by molar-refractivity contribution is 0.0905. The monoisotopic (exact) mass is 338 g/mol. The van der Waals surface area contributed by atoms with Gasteiger partial charge in [0.05, 0.1) is 17.1 Å². The second-order valence-corrected chi connectivity index (χ2v) is 8.82. The van der Waals surface area contributed by atoms with E-state index in [1.807, 2.05) is 0 Å². The maximum Gasteiger partial charge on any atom is 0.166 e. The Morgan fingerprint density at radius 3 is 2.26 bits per heavy atom. The van der Waals surface area contributed by atoms with Crippen molar-refractivity contribution in [2.45, 2.75) is 36.2 Å². The fourth-order valence-electron chi connectivity index (χ4n) is 3.62. The molecule has 0 saturated carbocycles. The number of ketones is 1. The van der Waals surface area contributed by atoms with Crippen molar-refractivity contribution in [2.24, 2.45) is 5.92 Å². The second-order valence-electron chi connectivity index (χ2n) is 6.31. The summed E-state index contributed by atoms with van der Waals surface area (Å²) in [7, 11) is -1.37. The van der Waals surface area contributed by atoms with Gasteiger partial charge in [0.15, 0.2) is 15.6 Å². The van der Waals surface area contributed by atoms with Crippen LogP contribution in [0.5, 0.6) is 5.75 Å². The van der Waals surface area contributed by atoms with E-state index in [-0.39, 0.29) is 22.2 Å². The van der Waals surface area contributed by atoms with Crippen LogP contribution in [0.25, 0.3) is 0 Å². The van der Waals surface area contributed by atoms with E-state index in [9.17, 15) is 13.2 Å². The highest BCUT2D eigenvalue weighted by Crippen LogP contribution is 2.42. The minimum Gasteiger partial charge on any atom is -0.491 e. The number of hydrogen-bond acceptors (Lipinski definition) is 5. The first-order valence-electron chi connectivity index (χ1n) is 8.01. The number of Topliss-reactive ketones (excluding diaryl/α,β-unsaturated/α-hetero) is 1. The van der Waals surface area contributed by atoms with Crippen LogP contribution in [0.15, 0.2) is 24.3 Å². The fraction of sp³-hybridized carbons (Fsp3) is 0.588. The first-order valence-corrected chi connectivity index (χ1v) is 9.62. The summed E-state index contributed by atoms with van der Waals surface area (Å²) < 4.78 is 34.6. The zero-order valence-electron chi connectivity index (χ0n) is 13.2. The number of carbonyl (C=O) groups excluding carboxylic acids is 1. The molecule has 0 aromatic heterocycles. The molecule has 2 bridgehead atoms. The largest absolute Gasteiger partial charge is 0.491 e. The first kappa shape index (κ1) is 16.5. The van der Waals surface area contributed by atoms with E-state index in [0.29, 0.717) is 50.2 Å². The molecule has 2 aliphatic heterocycles. The molecule has 3 rings (SSSR count). The standard InChI is InChI=1S/C17H22O5S/c1-21-8-9-22-14-4-2-12(3-5-14)17(18)13-10-15-6-7-16(11-13)23(15,19)20/h2-5,13,15-16H,6-11H2,1H3. The van der Waals surface area contributed by atoms with Crippen molar-refractivity contribution in [3.8, 4) is 5.75 Å². The van der Waals surface area contributed by atoms with Gasteiger partial charge >= 0.3 is 0 Å². The molecule has 0 amide bonds. The summed E-state index contributed by atoms with van der Waals surface area (Å²) in [5.74, 6) is 0.585. The highest BCUT2D eigenvalue weighted by Gasteiger charge is 2.48. The minimum absolute atomic E-state index is 0.0558. The third kappa shape index (κ3) is 3.28. The van der Waals surface area contributed by atoms with Crippen LogP contribution >= 0.6 is 0 Å². The van der Waals surface area contributed by atoms with Gasteiger partial charge in [-0.2, -0.15) is 0 Å². The van der Waals surface area contributed by atoms with Gasteiger partial charge < -0.3 is 9.47 Å². The molecule has 2 atom stereocenters. The number of methoxy groups -OCH3 is 1. The predicted octanol–water partition coefficient (Wildman–Crippen LogP) is 2.25. The summed E-state index contributed by atoms with van der Waals surface area (Å²) in [6.07, 6.45) is 2.37. The summed E-state index contributed by atoms with van der Waals surface area (Å²) in [5, 5.41) is -0.626. The van der Waals surface area contributed by atoms with E-state index in [1.165, 1.54) is 0 Å². The highest BCUT2D eigenvalue weighted by atomic mass is 32.2. The Morgan fingerprint density at radius 1 is 1.09 bits per heavy atom. The summed E-state index contributed by atoms with van der Waals surface area (Å²) in [5.41, 5.74) is 0.632. The second kappa shape index (κ2) is 6.61. The zero-order valence-corrected chi connectivity index (χ0v) is 14.1. The summed E-state index contributed by atoms with van der Waals surface area (Å²) in [6, 6.07) is 7.07. The molecule has 2 heterocycles. The number of ether oxygens (including phenoxy) is 2. The zero-order chi connectivity index (χ0) is 16.4. The molecule has 126 valence electrons. The van der Waals surface area contributed by atoms with Gasteiger partial charge in [-0.25, -0.2) is 8.42 Å². The maximum absolute atomic E-state index is 12.6. The lowest BCUT2D eigenvalue weighted by Crippen LogP contribution is -2.36. The van der Waals surface area contributed by atoms with Crippen molar-refractivity contribution < 1.29 is 22.7 Å². The number of benzene rings is 1. The van der Waals surface area contributed by atoms with E-state index in [1.54, 1.807) is 31.4 Å². The quantitative estimate of drug-likeness (QED) is 0.588. The summed E-state index contributed by atoms with van der Waals surface area (Å²) >= 11 is 0. The van der Waals surface area contributed by atoms with Crippen molar-refractivity contribution in [3.63, 3.8) is 0 Å². The average Bonchev–Trinajstić information content (AvgIpc) is 2.73. The highest BCUT2D eigenvalue weighted by molar-refractivity contribution is 7.93. The van der Waals surface area contributed by atoms with Gasteiger partial charge in [0.2, 0.25) is 0 Å². The van der Waals surface area contributed by atoms with E-state index >= 15 is 0 Å². The van der Waals surface area contributed by atoms with Crippen LogP contribution in [-0.4, -0.2) is 45.0 Å². The maximum atomic E-state index is 12.6.